The molecule has 4 heteroatoms. The summed E-state index contributed by atoms with van der Waals surface area (Å²) in [5.41, 5.74) is 1.51. The van der Waals surface area contributed by atoms with Crippen LogP contribution in [0.15, 0.2) is 11.6 Å². The van der Waals surface area contributed by atoms with Gasteiger partial charge in [-0.2, -0.15) is 0 Å². The first-order valence-electron chi connectivity index (χ1n) is 6.97. The Balaban J connectivity index is 1.94. The van der Waals surface area contributed by atoms with Crippen LogP contribution in [-0.2, 0) is 9.53 Å². The summed E-state index contributed by atoms with van der Waals surface area (Å²) in [5.74, 6) is 0.0869. The molecule has 1 aliphatic rings. The molecule has 0 spiro atoms. The molecule has 0 aromatic rings. The molecule has 0 saturated heterocycles. The normalized spacial score (nSPS) is 15.3. The van der Waals surface area contributed by atoms with E-state index in [1.54, 1.807) is 7.11 Å². The molecule has 0 bridgehead atoms. The fourth-order valence-electron chi connectivity index (χ4n) is 2.10. The first-order valence-corrected chi connectivity index (χ1v) is 6.97. The van der Waals surface area contributed by atoms with Crippen molar-refractivity contribution >= 4 is 5.91 Å². The van der Waals surface area contributed by atoms with Gasteiger partial charge in [-0.1, -0.05) is 11.6 Å². The Morgan fingerprint density at radius 1 is 1.39 bits per heavy atom. The molecule has 0 saturated carbocycles. The molecular formula is C14H26N2O2. The van der Waals surface area contributed by atoms with E-state index >= 15 is 0 Å². The van der Waals surface area contributed by atoms with Crippen molar-refractivity contribution in [3.63, 3.8) is 0 Å². The minimum atomic E-state index is 0.0869. The van der Waals surface area contributed by atoms with Crippen LogP contribution in [0, 0.1) is 0 Å². The van der Waals surface area contributed by atoms with Crippen molar-refractivity contribution in [2.75, 3.05) is 33.4 Å². The van der Waals surface area contributed by atoms with Crippen LogP contribution in [0.25, 0.3) is 0 Å². The van der Waals surface area contributed by atoms with Gasteiger partial charge in [0, 0.05) is 20.3 Å². The average molecular weight is 254 g/mol. The highest BCUT2D eigenvalue weighted by atomic mass is 16.5. The second-order valence-electron chi connectivity index (χ2n) is 4.73. The van der Waals surface area contributed by atoms with E-state index in [-0.39, 0.29) is 5.91 Å². The summed E-state index contributed by atoms with van der Waals surface area (Å²) < 4.78 is 4.93. The Labute approximate surface area is 110 Å². The van der Waals surface area contributed by atoms with E-state index in [0.29, 0.717) is 6.54 Å². The topological polar surface area (TPSA) is 50.4 Å². The monoisotopic (exact) mass is 254 g/mol. The number of ether oxygens (including phenoxy) is 1. The molecule has 18 heavy (non-hydrogen) atoms. The van der Waals surface area contributed by atoms with Gasteiger partial charge in [0.15, 0.2) is 0 Å². The van der Waals surface area contributed by atoms with Crippen LogP contribution in [0.1, 0.15) is 38.5 Å². The number of hydrogen-bond donors (Lipinski definition) is 2. The van der Waals surface area contributed by atoms with E-state index < -0.39 is 0 Å². The number of nitrogens with one attached hydrogen (secondary N) is 2. The molecular weight excluding hydrogens is 228 g/mol. The van der Waals surface area contributed by atoms with Gasteiger partial charge in [-0.25, -0.2) is 0 Å². The van der Waals surface area contributed by atoms with E-state index in [1.807, 2.05) is 0 Å². The summed E-state index contributed by atoms with van der Waals surface area (Å²) >= 11 is 0. The van der Waals surface area contributed by atoms with Crippen molar-refractivity contribution in [3.05, 3.63) is 11.6 Å². The summed E-state index contributed by atoms with van der Waals surface area (Å²) in [6, 6.07) is 0. The number of methoxy groups -OCH3 is 1. The fraction of sp³-hybridized carbons (Fsp3) is 0.786. The molecule has 104 valence electrons. The number of rotatable bonds is 9. The van der Waals surface area contributed by atoms with Crippen molar-refractivity contribution in [3.8, 4) is 0 Å². The van der Waals surface area contributed by atoms with Crippen molar-refractivity contribution < 1.29 is 9.53 Å². The van der Waals surface area contributed by atoms with Gasteiger partial charge in [0.2, 0.25) is 5.91 Å². The van der Waals surface area contributed by atoms with Crippen LogP contribution >= 0.6 is 0 Å². The molecule has 0 heterocycles. The third kappa shape index (κ3) is 7.45. The van der Waals surface area contributed by atoms with Crippen molar-refractivity contribution in [1.82, 2.24) is 10.6 Å². The summed E-state index contributed by atoms with van der Waals surface area (Å²) in [4.78, 5) is 11.5. The molecule has 0 aromatic carbocycles. The molecule has 1 rings (SSSR count). The van der Waals surface area contributed by atoms with Crippen LogP contribution in [0.3, 0.4) is 0 Å². The van der Waals surface area contributed by atoms with Gasteiger partial charge in [0.25, 0.3) is 0 Å². The maximum Gasteiger partial charge on any atom is 0.233 e. The number of allylic oxidation sites excluding steroid dienone is 1. The van der Waals surface area contributed by atoms with Gasteiger partial charge in [-0.15, -0.1) is 0 Å². The average Bonchev–Trinajstić information content (AvgIpc) is 2.40. The maximum absolute atomic E-state index is 11.5. The Morgan fingerprint density at radius 2 is 2.28 bits per heavy atom. The second-order valence-corrected chi connectivity index (χ2v) is 4.73. The lowest BCUT2D eigenvalue weighted by Crippen LogP contribution is -2.35. The zero-order valence-electron chi connectivity index (χ0n) is 11.5. The number of carbonyl (C=O) groups excluding carboxylic acids is 1. The zero-order chi connectivity index (χ0) is 13.1. The van der Waals surface area contributed by atoms with Crippen molar-refractivity contribution in [1.29, 1.82) is 0 Å². The smallest absolute Gasteiger partial charge is 0.233 e. The fourth-order valence-corrected chi connectivity index (χ4v) is 2.10. The molecule has 0 fully saturated rings. The van der Waals surface area contributed by atoms with Gasteiger partial charge >= 0.3 is 0 Å². The quantitative estimate of drug-likeness (QED) is 0.485. The summed E-state index contributed by atoms with van der Waals surface area (Å²) in [7, 11) is 1.69. The van der Waals surface area contributed by atoms with Crippen LogP contribution in [0.5, 0.6) is 0 Å². The summed E-state index contributed by atoms with van der Waals surface area (Å²) in [6.07, 6.45) is 9.34. The summed E-state index contributed by atoms with van der Waals surface area (Å²) in [6.45, 7) is 2.74. The van der Waals surface area contributed by atoms with E-state index in [0.717, 1.165) is 32.5 Å². The molecule has 4 nitrogen and oxygen atoms in total. The van der Waals surface area contributed by atoms with Gasteiger partial charge in [-0.3, -0.25) is 4.79 Å². The Morgan fingerprint density at radius 3 is 3.00 bits per heavy atom. The highest BCUT2D eigenvalue weighted by molar-refractivity contribution is 5.77. The highest BCUT2D eigenvalue weighted by Crippen LogP contribution is 2.19. The van der Waals surface area contributed by atoms with Crippen LogP contribution in [0.2, 0.25) is 0 Å². The molecule has 0 radical (unpaired) electrons. The van der Waals surface area contributed by atoms with E-state index in [9.17, 15) is 4.79 Å². The van der Waals surface area contributed by atoms with Crippen LogP contribution in [-0.4, -0.2) is 39.3 Å². The van der Waals surface area contributed by atoms with E-state index in [2.05, 4.69) is 16.7 Å². The third-order valence-corrected chi connectivity index (χ3v) is 3.14. The molecule has 0 atom stereocenters. The standard InChI is InChI=1S/C14H26N2O2/c1-18-11-5-9-15-12-14(17)16-10-8-13-6-3-2-4-7-13/h6,15H,2-5,7-12H2,1H3,(H,16,17). The second kappa shape index (κ2) is 10.1. The molecule has 1 aliphatic carbocycles. The Bertz CT molecular complexity index is 265. The first-order chi connectivity index (χ1) is 8.83. The maximum atomic E-state index is 11.5. The lowest BCUT2D eigenvalue weighted by atomic mass is 9.97. The Hall–Kier alpha value is -0.870. The predicted octanol–water partition coefficient (Wildman–Crippen LogP) is 1.62. The van der Waals surface area contributed by atoms with Gasteiger partial charge in [-0.05, 0) is 45.1 Å². The number of amides is 1. The van der Waals surface area contributed by atoms with Gasteiger partial charge < -0.3 is 15.4 Å². The Kier molecular flexibility index (Phi) is 8.51. The first kappa shape index (κ1) is 15.2. The zero-order valence-corrected chi connectivity index (χ0v) is 11.5. The molecule has 1 amide bonds. The van der Waals surface area contributed by atoms with Crippen LogP contribution in [0.4, 0.5) is 0 Å². The lowest BCUT2D eigenvalue weighted by Gasteiger charge is -2.13. The minimum Gasteiger partial charge on any atom is -0.385 e. The molecule has 2 N–H and O–H groups in total. The predicted molar refractivity (Wildman–Crippen MR) is 73.5 cm³/mol. The third-order valence-electron chi connectivity index (χ3n) is 3.14. The molecule has 0 unspecified atom stereocenters. The number of carbonyl (C=O) groups is 1. The van der Waals surface area contributed by atoms with Crippen LogP contribution < -0.4 is 10.6 Å². The molecule has 0 aromatic heterocycles. The summed E-state index contributed by atoms with van der Waals surface area (Å²) in [5, 5.41) is 6.05. The van der Waals surface area contributed by atoms with Crippen molar-refractivity contribution in [2.45, 2.75) is 38.5 Å². The van der Waals surface area contributed by atoms with E-state index in [1.165, 1.54) is 31.3 Å². The van der Waals surface area contributed by atoms with Crippen molar-refractivity contribution in [2.24, 2.45) is 0 Å². The SMILES string of the molecule is COCCCNCC(=O)NCCC1=CCCCC1. The van der Waals surface area contributed by atoms with Gasteiger partial charge in [0.1, 0.15) is 0 Å². The van der Waals surface area contributed by atoms with Gasteiger partial charge in [0.05, 0.1) is 6.54 Å². The largest absolute Gasteiger partial charge is 0.385 e. The lowest BCUT2D eigenvalue weighted by molar-refractivity contribution is -0.120. The minimum absolute atomic E-state index is 0.0869. The highest BCUT2D eigenvalue weighted by Gasteiger charge is 2.04. The molecule has 0 aliphatic heterocycles. The van der Waals surface area contributed by atoms with E-state index in [4.69, 9.17) is 4.74 Å². The number of hydrogen-bond acceptors (Lipinski definition) is 3.